The average molecular weight is 760 g/mol. The summed E-state index contributed by atoms with van der Waals surface area (Å²) in [5.74, 6) is 0.160. The highest BCUT2D eigenvalue weighted by Crippen LogP contribution is 2.39. The SMILES string of the molecule is Cc1cc(S(=O)(=O)O)c2c(c1OS(=O)(=O)c1c(I)ccc(I)c1I)CCCC2. The lowest BCUT2D eigenvalue weighted by Crippen LogP contribution is -2.18. The van der Waals surface area contributed by atoms with Gasteiger partial charge in [0.05, 0.1) is 4.90 Å². The van der Waals surface area contributed by atoms with E-state index in [1.807, 2.05) is 51.2 Å². The molecular weight excluding hydrogens is 745 g/mol. The molecule has 3 rings (SSSR count). The Bertz CT molecular complexity index is 1170. The molecule has 28 heavy (non-hydrogen) atoms. The number of halogens is 3. The predicted molar refractivity (Wildman–Crippen MR) is 130 cm³/mol. The van der Waals surface area contributed by atoms with Crippen LogP contribution >= 0.6 is 67.8 Å². The van der Waals surface area contributed by atoms with Crippen molar-refractivity contribution in [1.82, 2.24) is 0 Å². The van der Waals surface area contributed by atoms with Crippen LogP contribution in [0.2, 0.25) is 0 Å². The number of hydrogen-bond acceptors (Lipinski definition) is 5. The Morgan fingerprint density at radius 2 is 1.54 bits per heavy atom. The first-order valence-corrected chi connectivity index (χ1v) is 14.2. The van der Waals surface area contributed by atoms with Crippen LogP contribution < -0.4 is 4.18 Å². The lowest BCUT2D eigenvalue weighted by molar-refractivity contribution is 0.472. The molecule has 1 N–H and O–H groups in total. The number of benzene rings is 2. The molecule has 152 valence electrons. The fraction of sp³-hybridized carbons (Fsp3) is 0.294. The summed E-state index contributed by atoms with van der Waals surface area (Å²) in [6.45, 7) is 1.58. The van der Waals surface area contributed by atoms with E-state index in [9.17, 15) is 21.4 Å². The highest BCUT2D eigenvalue weighted by Gasteiger charge is 2.30. The molecule has 0 fully saturated rings. The van der Waals surface area contributed by atoms with Crippen LogP contribution in [0, 0.1) is 17.6 Å². The molecule has 0 saturated carbocycles. The molecule has 0 spiro atoms. The van der Waals surface area contributed by atoms with Gasteiger partial charge in [0.25, 0.3) is 10.1 Å². The highest BCUT2D eigenvalue weighted by atomic mass is 127. The van der Waals surface area contributed by atoms with Gasteiger partial charge in [-0.15, -0.1) is 0 Å². The molecule has 0 radical (unpaired) electrons. The highest BCUT2D eigenvalue weighted by molar-refractivity contribution is 14.1. The molecule has 0 atom stereocenters. The summed E-state index contributed by atoms with van der Waals surface area (Å²) in [5.41, 5.74) is 1.34. The van der Waals surface area contributed by atoms with Crippen LogP contribution in [0.15, 0.2) is 28.0 Å². The van der Waals surface area contributed by atoms with Crippen molar-refractivity contribution in [2.24, 2.45) is 0 Å². The van der Waals surface area contributed by atoms with Crippen LogP contribution in [0.5, 0.6) is 5.75 Å². The Hall–Kier alpha value is 0.290. The minimum Gasteiger partial charge on any atom is -0.378 e. The van der Waals surface area contributed by atoms with Crippen molar-refractivity contribution in [2.45, 2.75) is 42.4 Å². The molecule has 11 heteroatoms. The largest absolute Gasteiger partial charge is 0.378 e. The number of fused-ring (bicyclic) bond motifs is 1. The van der Waals surface area contributed by atoms with Gasteiger partial charge < -0.3 is 4.18 Å². The zero-order valence-electron chi connectivity index (χ0n) is 14.5. The van der Waals surface area contributed by atoms with Crippen LogP contribution in [0.3, 0.4) is 0 Å². The molecule has 6 nitrogen and oxygen atoms in total. The molecule has 0 aromatic heterocycles. The molecule has 1 aliphatic rings. The van der Waals surface area contributed by atoms with Gasteiger partial charge in [0, 0.05) is 16.3 Å². The lowest BCUT2D eigenvalue weighted by atomic mass is 9.89. The maximum absolute atomic E-state index is 13.1. The van der Waals surface area contributed by atoms with E-state index in [1.165, 1.54) is 6.07 Å². The summed E-state index contributed by atoms with van der Waals surface area (Å²) in [7, 11) is -8.54. The minimum atomic E-state index is -4.41. The monoisotopic (exact) mass is 760 g/mol. The van der Waals surface area contributed by atoms with E-state index in [-0.39, 0.29) is 15.5 Å². The van der Waals surface area contributed by atoms with Crippen molar-refractivity contribution >= 4 is 88.0 Å². The summed E-state index contributed by atoms with van der Waals surface area (Å²) in [6, 6.07) is 4.83. The second-order valence-corrected chi connectivity index (χ2v) is 12.6. The van der Waals surface area contributed by atoms with Crippen molar-refractivity contribution in [3.05, 3.63) is 45.6 Å². The standard InChI is InChI=1S/C17H15I3O6S2/c1-9-8-14(27(21,22)23)10-4-2-3-5-11(10)16(9)26-28(24,25)17-13(19)7-6-12(18)15(17)20/h6-8H,2-5H2,1H3,(H,21,22,23). The van der Waals surface area contributed by atoms with Crippen LogP contribution in [-0.2, 0) is 33.1 Å². The molecule has 0 aliphatic heterocycles. The number of hydrogen-bond donors (Lipinski definition) is 1. The number of aryl methyl sites for hydroxylation is 1. The normalized spacial score (nSPS) is 14.6. The summed E-state index contributed by atoms with van der Waals surface area (Å²) >= 11 is 6.01. The minimum absolute atomic E-state index is 0.100. The van der Waals surface area contributed by atoms with Crippen LogP contribution in [0.4, 0.5) is 0 Å². The molecule has 0 bridgehead atoms. The molecule has 0 saturated heterocycles. The van der Waals surface area contributed by atoms with E-state index in [2.05, 4.69) is 22.6 Å². The summed E-state index contributed by atoms with van der Waals surface area (Å²) in [5, 5.41) is 0. The van der Waals surface area contributed by atoms with Crippen molar-refractivity contribution in [3.8, 4) is 5.75 Å². The molecule has 0 amide bonds. The van der Waals surface area contributed by atoms with Crippen LogP contribution in [0.1, 0.15) is 29.5 Å². The van der Waals surface area contributed by atoms with E-state index < -0.39 is 20.2 Å². The van der Waals surface area contributed by atoms with Crippen molar-refractivity contribution in [3.63, 3.8) is 0 Å². The second-order valence-electron chi connectivity index (χ2n) is 6.37. The molecule has 1 aliphatic carbocycles. The quantitative estimate of drug-likeness (QED) is 0.210. The van der Waals surface area contributed by atoms with Gasteiger partial charge in [0.15, 0.2) is 0 Å². The topological polar surface area (TPSA) is 97.7 Å². The van der Waals surface area contributed by atoms with Gasteiger partial charge in [-0.1, -0.05) is 0 Å². The third-order valence-electron chi connectivity index (χ3n) is 4.47. The first-order valence-electron chi connectivity index (χ1n) is 8.14. The number of rotatable bonds is 4. The van der Waals surface area contributed by atoms with Crippen molar-refractivity contribution in [1.29, 1.82) is 0 Å². The Balaban J connectivity index is 2.20. The fourth-order valence-electron chi connectivity index (χ4n) is 3.25. The van der Waals surface area contributed by atoms with Crippen molar-refractivity contribution < 1.29 is 25.6 Å². The Morgan fingerprint density at radius 3 is 2.14 bits per heavy atom. The maximum Gasteiger partial charge on any atom is 0.341 e. The van der Waals surface area contributed by atoms with Crippen LogP contribution in [0.25, 0.3) is 0 Å². The van der Waals surface area contributed by atoms with E-state index in [1.54, 1.807) is 13.0 Å². The Kier molecular flexibility index (Phi) is 6.92. The molecule has 0 heterocycles. The van der Waals surface area contributed by atoms with E-state index in [4.69, 9.17) is 4.18 Å². The van der Waals surface area contributed by atoms with Gasteiger partial charge in [0.2, 0.25) is 0 Å². The van der Waals surface area contributed by atoms with Crippen LogP contribution in [-0.4, -0.2) is 21.4 Å². The van der Waals surface area contributed by atoms with Gasteiger partial charge in [-0.05, 0) is 130 Å². The molecule has 0 unspecified atom stereocenters. The van der Waals surface area contributed by atoms with E-state index in [0.717, 1.165) is 16.4 Å². The second kappa shape index (κ2) is 8.43. The molecule has 2 aromatic rings. The zero-order valence-corrected chi connectivity index (χ0v) is 22.6. The lowest BCUT2D eigenvalue weighted by Gasteiger charge is -2.23. The Labute approximate surface area is 205 Å². The van der Waals surface area contributed by atoms with E-state index in [0.29, 0.717) is 36.7 Å². The molecule has 2 aromatic carbocycles. The zero-order chi connectivity index (χ0) is 20.9. The maximum atomic E-state index is 13.1. The van der Waals surface area contributed by atoms with Gasteiger partial charge in [0.1, 0.15) is 10.6 Å². The van der Waals surface area contributed by atoms with Gasteiger partial charge in [-0.3, -0.25) is 4.55 Å². The fourth-order valence-corrected chi connectivity index (χ4v) is 8.97. The third-order valence-corrected chi connectivity index (χ3v) is 11.4. The predicted octanol–water partition coefficient (Wildman–Crippen LogP) is 4.70. The summed E-state index contributed by atoms with van der Waals surface area (Å²) in [6.07, 6.45) is 2.48. The van der Waals surface area contributed by atoms with Gasteiger partial charge >= 0.3 is 10.1 Å². The Morgan fingerprint density at radius 1 is 0.964 bits per heavy atom. The van der Waals surface area contributed by atoms with E-state index >= 15 is 0 Å². The van der Waals surface area contributed by atoms with Gasteiger partial charge in [-0.2, -0.15) is 16.8 Å². The molecular formula is C17H15I3O6S2. The van der Waals surface area contributed by atoms with Crippen molar-refractivity contribution in [2.75, 3.05) is 0 Å². The third kappa shape index (κ3) is 4.48. The summed E-state index contributed by atoms with van der Waals surface area (Å²) in [4.78, 5) is -0.0636. The summed E-state index contributed by atoms with van der Waals surface area (Å²) < 4.78 is 66.9. The first kappa shape index (κ1) is 23.0. The average Bonchev–Trinajstić information content (AvgIpc) is 2.59. The first-order chi connectivity index (χ1) is 12.9. The van der Waals surface area contributed by atoms with Gasteiger partial charge in [-0.25, -0.2) is 0 Å². The smallest absolute Gasteiger partial charge is 0.341 e.